The van der Waals surface area contributed by atoms with Gasteiger partial charge in [0.25, 0.3) is 0 Å². The van der Waals surface area contributed by atoms with Crippen LogP contribution in [0.2, 0.25) is 0 Å². The van der Waals surface area contributed by atoms with Crippen molar-refractivity contribution >= 4 is 15.7 Å². The fourth-order valence-corrected chi connectivity index (χ4v) is 5.77. The topological polar surface area (TPSA) is 95.7 Å². The predicted octanol–water partition coefficient (Wildman–Crippen LogP) is 3.07. The van der Waals surface area contributed by atoms with E-state index in [9.17, 15) is 13.2 Å². The third-order valence-electron chi connectivity index (χ3n) is 5.84. The van der Waals surface area contributed by atoms with Crippen LogP contribution < -0.4 is 10.5 Å². The molecule has 0 saturated carbocycles. The van der Waals surface area contributed by atoms with Crippen LogP contribution in [0.15, 0.2) is 53.4 Å². The lowest BCUT2D eigenvalue weighted by Gasteiger charge is -2.33. The molecule has 0 spiro atoms. The van der Waals surface area contributed by atoms with Gasteiger partial charge < -0.3 is 15.2 Å². The number of aryl methyl sites for hydroxylation is 2. The number of amides is 1. The molecule has 1 saturated heterocycles. The Kier molecular flexibility index (Phi) is 7.15. The first kappa shape index (κ1) is 22.3. The molecule has 0 aromatic heterocycles. The number of ether oxygens (including phenoxy) is 2. The Balaban J connectivity index is 1.59. The molecule has 30 heavy (non-hydrogen) atoms. The zero-order chi connectivity index (χ0) is 21.6. The van der Waals surface area contributed by atoms with Crippen LogP contribution in [0, 0.1) is 0 Å². The van der Waals surface area contributed by atoms with Crippen molar-refractivity contribution in [2.75, 3.05) is 20.3 Å². The smallest absolute Gasteiger partial charge is 0.239 e. The van der Waals surface area contributed by atoms with Crippen molar-refractivity contribution < 1.29 is 22.7 Å². The number of carbonyl (C=O) groups is 1. The number of nitrogens with two attached hydrogens (primary N) is 1. The highest BCUT2D eigenvalue weighted by molar-refractivity contribution is 7.93. The summed E-state index contributed by atoms with van der Waals surface area (Å²) in [5, 5.41) is 0. The van der Waals surface area contributed by atoms with E-state index in [2.05, 4.69) is 12.1 Å². The molecular weight excluding hydrogens is 402 g/mol. The lowest BCUT2D eigenvalue weighted by Crippen LogP contribution is -2.53. The van der Waals surface area contributed by atoms with Crippen LogP contribution in [-0.2, 0) is 32.2 Å². The number of sulfone groups is 1. The largest absolute Gasteiger partial charge is 0.497 e. The molecule has 0 unspecified atom stereocenters. The second kappa shape index (κ2) is 9.62. The second-order valence-corrected chi connectivity index (χ2v) is 9.93. The lowest BCUT2D eigenvalue weighted by molar-refractivity contribution is -0.122. The zero-order valence-electron chi connectivity index (χ0n) is 17.3. The second-order valence-electron chi connectivity index (χ2n) is 7.67. The summed E-state index contributed by atoms with van der Waals surface area (Å²) < 4.78 is 35.2. The third-order valence-corrected chi connectivity index (χ3v) is 8.37. The number of carbonyl (C=O) groups excluding carboxylic acids is 1. The number of rotatable bonds is 9. The van der Waals surface area contributed by atoms with E-state index in [0.29, 0.717) is 0 Å². The molecule has 1 fully saturated rings. The average Bonchev–Trinajstić information content (AvgIpc) is 2.77. The van der Waals surface area contributed by atoms with Gasteiger partial charge in [0, 0.05) is 13.2 Å². The van der Waals surface area contributed by atoms with Crippen molar-refractivity contribution in [3.05, 3.63) is 59.7 Å². The van der Waals surface area contributed by atoms with Crippen LogP contribution in [0.3, 0.4) is 0 Å². The number of methoxy groups -OCH3 is 1. The van der Waals surface area contributed by atoms with E-state index in [0.717, 1.165) is 37.0 Å². The standard InChI is InChI=1S/C23H29NO5S/c1-28-20-10-6-18(7-11-20)4-2-3-5-19-8-12-21(13-9-19)30(26,27)23(22(24)25)14-16-29-17-15-23/h6-13H,2-5,14-17H2,1H3,(H2,24,25). The maximum Gasteiger partial charge on any atom is 0.239 e. The van der Waals surface area contributed by atoms with E-state index >= 15 is 0 Å². The molecular formula is C23H29NO5S. The summed E-state index contributed by atoms with van der Waals surface area (Å²) in [4.78, 5) is 12.2. The minimum absolute atomic E-state index is 0.0950. The van der Waals surface area contributed by atoms with E-state index in [1.807, 2.05) is 24.3 Å². The van der Waals surface area contributed by atoms with Gasteiger partial charge in [0.2, 0.25) is 5.91 Å². The first-order valence-corrected chi connectivity index (χ1v) is 11.7. The van der Waals surface area contributed by atoms with Crippen LogP contribution >= 0.6 is 0 Å². The Bertz CT molecular complexity index is 946. The molecule has 0 aliphatic carbocycles. The Hall–Kier alpha value is -2.38. The summed E-state index contributed by atoms with van der Waals surface area (Å²) in [6.07, 6.45) is 4.08. The van der Waals surface area contributed by atoms with Crippen molar-refractivity contribution in [2.45, 2.75) is 48.2 Å². The Morgan fingerprint density at radius 1 is 0.967 bits per heavy atom. The Morgan fingerprint density at radius 3 is 1.93 bits per heavy atom. The molecule has 1 heterocycles. The highest BCUT2D eigenvalue weighted by Gasteiger charge is 2.50. The number of unbranched alkanes of at least 4 members (excludes halogenated alkanes) is 1. The molecule has 3 rings (SSSR count). The number of hydrogen-bond acceptors (Lipinski definition) is 5. The van der Waals surface area contributed by atoms with Gasteiger partial charge in [0.15, 0.2) is 14.6 Å². The van der Waals surface area contributed by atoms with Gasteiger partial charge in [0.05, 0.1) is 12.0 Å². The van der Waals surface area contributed by atoms with E-state index in [-0.39, 0.29) is 31.0 Å². The van der Waals surface area contributed by atoms with E-state index < -0.39 is 20.5 Å². The predicted molar refractivity (Wildman–Crippen MR) is 115 cm³/mol. The number of benzene rings is 2. The zero-order valence-corrected chi connectivity index (χ0v) is 18.1. The monoisotopic (exact) mass is 431 g/mol. The van der Waals surface area contributed by atoms with E-state index in [4.69, 9.17) is 15.2 Å². The van der Waals surface area contributed by atoms with E-state index in [1.54, 1.807) is 19.2 Å². The summed E-state index contributed by atoms with van der Waals surface area (Å²) in [5.74, 6) is 0.0565. The highest BCUT2D eigenvalue weighted by Crippen LogP contribution is 2.35. The minimum atomic E-state index is -3.87. The number of primary amides is 1. The summed E-state index contributed by atoms with van der Waals surface area (Å²) in [6, 6.07) is 14.9. The minimum Gasteiger partial charge on any atom is -0.497 e. The molecule has 6 nitrogen and oxygen atoms in total. The van der Waals surface area contributed by atoms with Gasteiger partial charge in [-0.15, -0.1) is 0 Å². The van der Waals surface area contributed by atoms with Gasteiger partial charge in [-0.05, 0) is 73.9 Å². The van der Waals surface area contributed by atoms with Crippen LogP contribution in [0.5, 0.6) is 5.75 Å². The molecule has 2 aromatic rings. The van der Waals surface area contributed by atoms with Gasteiger partial charge in [0.1, 0.15) is 5.75 Å². The molecule has 0 bridgehead atoms. The number of hydrogen-bond donors (Lipinski definition) is 1. The normalized spacial score (nSPS) is 16.2. The lowest BCUT2D eigenvalue weighted by atomic mass is 9.98. The first-order valence-electron chi connectivity index (χ1n) is 10.2. The van der Waals surface area contributed by atoms with Crippen molar-refractivity contribution in [1.29, 1.82) is 0 Å². The molecule has 7 heteroatoms. The molecule has 0 atom stereocenters. The Morgan fingerprint density at radius 2 is 1.47 bits per heavy atom. The molecule has 1 amide bonds. The van der Waals surface area contributed by atoms with Crippen LogP contribution in [0.1, 0.15) is 36.8 Å². The maximum absolute atomic E-state index is 13.2. The van der Waals surface area contributed by atoms with Gasteiger partial charge in [-0.1, -0.05) is 24.3 Å². The molecule has 2 aromatic carbocycles. The molecule has 2 N–H and O–H groups in total. The summed E-state index contributed by atoms with van der Waals surface area (Å²) in [5.41, 5.74) is 7.86. The third kappa shape index (κ3) is 4.68. The fraction of sp³-hybridized carbons (Fsp3) is 0.435. The van der Waals surface area contributed by atoms with Crippen LogP contribution in [-0.4, -0.2) is 39.4 Å². The van der Waals surface area contributed by atoms with Gasteiger partial charge in [-0.3, -0.25) is 4.79 Å². The van der Waals surface area contributed by atoms with Gasteiger partial charge in [-0.2, -0.15) is 0 Å². The first-order chi connectivity index (χ1) is 14.4. The van der Waals surface area contributed by atoms with Crippen molar-refractivity contribution in [3.63, 3.8) is 0 Å². The molecule has 0 radical (unpaired) electrons. The van der Waals surface area contributed by atoms with Crippen LogP contribution in [0.25, 0.3) is 0 Å². The maximum atomic E-state index is 13.2. The fourth-order valence-electron chi connectivity index (χ4n) is 3.86. The summed E-state index contributed by atoms with van der Waals surface area (Å²) in [7, 11) is -2.22. The Labute approximate surface area is 178 Å². The van der Waals surface area contributed by atoms with Gasteiger partial charge in [-0.25, -0.2) is 8.42 Å². The van der Waals surface area contributed by atoms with Crippen LogP contribution in [0.4, 0.5) is 0 Å². The quantitative estimate of drug-likeness (QED) is 0.616. The van der Waals surface area contributed by atoms with Gasteiger partial charge >= 0.3 is 0 Å². The molecule has 1 aliphatic rings. The summed E-state index contributed by atoms with van der Waals surface area (Å²) in [6.45, 7) is 0.433. The highest BCUT2D eigenvalue weighted by atomic mass is 32.2. The van der Waals surface area contributed by atoms with E-state index in [1.165, 1.54) is 5.56 Å². The van der Waals surface area contributed by atoms with Crippen molar-refractivity contribution in [1.82, 2.24) is 0 Å². The van der Waals surface area contributed by atoms with Crippen molar-refractivity contribution in [2.24, 2.45) is 5.73 Å². The SMILES string of the molecule is COc1ccc(CCCCc2ccc(S(=O)(=O)C3(C(N)=O)CCOCC3)cc2)cc1. The molecule has 162 valence electrons. The molecule has 1 aliphatic heterocycles. The van der Waals surface area contributed by atoms with Crippen molar-refractivity contribution in [3.8, 4) is 5.75 Å². The average molecular weight is 432 g/mol. The summed E-state index contributed by atoms with van der Waals surface area (Å²) >= 11 is 0.